The number of anilines is 1. The third kappa shape index (κ3) is 2.68. The summed E-state index contributed by atoms with van der Waals surface area (Å²) in [5.41, 5.74) is 0.861. The summed E-state index contributed by atoms with van der Waals surface area (Å²) in [7, 11) is 0. The summed E-state index contributed by atoms with van der Waals surface area (Å²) >= 11 is 1.58. The standard InChI is InChI=1S/C18H19FN4O2S/c1-2-22-10-8-15(21-22)20-17(25)14-11-26-18(9-7-16(24)23(14)18)12-3-5-13(19)6-4-12/h3-6,8,10,14H,2,7,9,11H2,1H3,(H,20,21,25). The number of carbonyl (C=O) groups is 2. The smallest absolute Gasteiger partial charge is 0.249 e. The summed E-state index contributed by atoms with van der Waals surface area (Å²) in [6, 6.07) is 7.38. The number of amides is 2. The molecule has 1 aromatic heterocycles. The van der Waals surface area contributed by atoms with Gasteiger partial charge in [0.15, 0.2) is 5.82 Å². The lowest BCUT2D eigenvalue weighted by Gasteiger charge is -2.33. The van der Waals surface area contributed by atoms with Crippen molar-refractivity contribution >= 4 is 29.4 Å². The van der Waals surface area contributed by atoms with Gasteiger partial charge in [-0.1, -0.05) is 12.1 Å². The van der Waals surface area contributed by atoms with E-state index < -0.39 is 10.9 Å². The third-order valence-corrected chi connectivity index (χ3v) is 6.54. The lowest BCUT2D eigenvalue weighted by atomic mass is 10.0. The summed E-state index contributed by atoms with van der Waals surface area (Å²) in [5, 5.41) is 7.07. The minimum absolute atomic E-state index is 0.0430. The Hall–Kier alpha value is -2.35. The highest BCUT2D eigenvalue weighted by molar-refractivity contribution is 8.00. The maximum atomic E-state index is 13.3. The van der Waals surface area contributed by atoms with Gasteiger partial charge in [0.1, 0.15) is 16.7 Å². The monoisotopic (exact) mass is 374 g/mol. The van der Waals surface area contributed by atoms with Crippen LogP contribution in [0.5, 0.6) is 0 Å². The summed E-state index contributed by atoms with van der Waals surface area (Å²) in [6.45, 7) is 2.68. The van der Waals surface area contributed by atoms with E-state index >= 15 is 0 Å². The first kappa shape index (κ1) is 17.1. The zero-order chi connectivity index (χ0) is 18.3. The lowest BCUT2D eigenvalue weighted by Crippen LogP contribution is -2.48. The number of fused-ring (bicyclic) bond motifs is 1. The topological polar surface area (TPSA) is 67.2 Å². The van der Waals surface area contributed by atoms with Crippen LogP contribution in [0, 0.1) is 5.82 Å². The molecule has 2 saturated heterocycles. The molecule has 0 aliphatic carbocycles. The molecule has 4 rings (SSSR count). The molecule has 2 unspecified atom stereocenters. The van der Waals surface area contributed by atoms with Crippen molar-refractivity contribution in [3.05, 3.63) is 47.9 Å². The molecule has 26 heavy (non-hydrogen) atoms. The fourth-order valence-electron chi connectivity index (χ4n) is 3.66. The van der Waals surface area contributed by atoms with Gasteiger partial charge in [-0.25, -0.2) is 4.39 Å². The summed E-state index contributed by atoms with van der Waals surface area (Å²) in [5.74, 6) is 0.387. The van der Waals surface area contributed by atoms with Crippen LogP contribution in [0.25, 0.3) is 0 Å². The number of hydrogen-bond acceptors (Lipinski definition) is 4. The molecule has 1 aromatic carbocycles. The molecule has 0 spiro atoms. The van der Waals surface area contributed by atoms with Crippen molar-refractivity contribution in [3.63, 3.8) is 0 Å². The minimum atomic E-state index is -0.588. The normalized spacial score (nSPS) is 24.8. The van der Waals surface area contributed by atoms with E-state index in [1.54, 1.807) is 45.7 Å². The Kier molecular flexibility index (Phi) is 4.22. The zero-order valence-electron chi connectivity index (χ0n) is 14.3. The Morgan fingerprint density at radius 2 is 2.15 bits per heavy atom. The van der Waals surface area contributed by atoms with Crippen LogP contribution >= 0.6 is 11.8 Å². The second-order valence-electron chi connectivity index (χ2n) is 6.43. The van der Waals surface area contributed by atoms with Crippen molar-refractivity contribution in [2.45, 2.75) is 37.2 Å². The van der Waals surface area contributed by atoms with E-state index in [1.165, 1.54) is 12.1 Å². The second kappa shape index (κ2) is 6.42. The minimum Gasteiger partial charge on any atom is -0.311 e. The molecule has 0 saturated carbocycles. The SMILES string of the molecule is CCn1ccc(NC(=O)C2CSC3(c4ccc(F)cc4)CCC(=O)N23)n1. The Morgan fingerprint density at radius 1 is 1.38 bits per heavy atom. The molecular weight excluding hydrogens is 355 g/mol. The predicted molar refractivity (Wildman–Crippen MR) is 96.9 cm³/mol. The molecule has 2 amide bonds. The Morgan fingerprint density at radius 3 is 2.85 bits per heavy atom. The fraction of sp³-hybridized carbons (Fsp3) is 0.389. The molecule has 3 heterocycles. The van der Waals surface area contributed by atoms with Crippen molar-refractivity contribution in [1.82, 2.24) is 14.7 Å². The predicted octanol–water partition coefficient (Wildman–Crippen LogP) is 2.57. The van der Waals surface area contributed by atoms with Crippen LogP contribution in [-0.2, 0) is 21.0 Å². The van der Waals surface area contributed by atoms with E-state index in [0.29, 0.717) is 31.0 Å². The van der Waals surface area contributed by atoms with Crippen molar-refractivity contribution < 1.29 is 14.0 Å². The fourth-order valence-corrected chi connectivity index (χ4v) is 5.31. The maximum absolute atomic E-state index is 13.3. The molecule has 8 heteroatoms. The second-order valence-corrected chi connectivity index (χ2v) is 7.73. The van der Waals surface area contributed by atoms with Crippen LogP contribution in [0.1, 0.15) is 25.3 Å². The Balaban J connectivity index is 1.59. The van der Waals surface area contributed by atoms with Crippen LogP contribution in [0.2, 0.25) is 0 Å². The maximum Gasteiger partial charge on any atom is 0.249 e. The van der Waals surface area contributed by atoms with Gasteiger partial charge in [0, 0.05) is 31.0 Å². The van der Waals surface area contributed by atoms with E-state index in [9.17, 15) is 14.0 Å². The average molecular weight is 374 g/mol. The summed E-state index contributed by atoms with van der Waals surface area (Å²) in [6.07, 6.45) is 2.80. The molecule has 2 aromatic rings. The number of nitrogens with one attached hydrogen (secondary N) is 1. The highest BCUT2D eigenvalue weighted by Gasteiger charge is 2.56. The van der Waals surface area contributed by atoms with E-state index in [0.717, 1.165) is 5.56 Å². The van der Waals surface area contributed by atoms with E-state index in [4.69, 9.17) is 0 Å². The molecule has 0 radical (unpaired) electrons. The quantitative estimate of drug-likeness (QED) is 0.893. The highest BCUT2D eigenvalue weighted by atomic mass is 32.2. The Bertz CT molecular complexity index is 853. The number of halogens is 1. The van der Waals surface area contributed by atoms with Gasteiger partial charge in [-0.05, 0) is 31.0 Å². The van der Waals surface area contributed by atoms with Gasteiger partial charge in [-0.15, -0.1) is 11.8 Å². The van der Waals surface area contributed by atoms with E-state index in [1.807, 2.05) is 6.92 Å². The Labute approximate surface area is 154 Å². The summed E-state index contributed by atoms with van der Waals surface area (Å²) in [4.78, 5) is 26.4. The number of carbonyl (C=O) groups excluding carboxylic acids is 2. The first-order valence-corrected chi connectivity index (χ1v) is 9.58. The van der Waals surface area contributed by atoms with Gasteiger partial charge in [0.2, 0.25) is 11.8 Å². The molecule has 136 valence electrons. The van der Waals surface area contributed by atoms with Gasteiger partial charge in [0.25, 0.3) is 0 Å². The first-order valence-electron chi connectivity index (χ1n) is 8.60. The first-order chi connectivity index (χ1) is 12.5. The van der Waals surface area contributed by atoms with Crippen LogP contribution in [0.15, 0.2) is 36.5 Å². The number of hydrogen-bond donors (Lipinski definition) is 1. The van der Waals surface area contributed by atoms with Crippen LogP contribution in [0.4, 0.5) is 10.2 Å². The van der Waals surface area contributed by atoms with Crippen molar-refractivity contribution in [2.24, 2.45) is 0 Å². The van der Waals surface area contributed by atoms with Crippen LogP contribution in [0.3, 0.4) is 0 Å². The number of aryl methyl sites for hydroxylation is 1. The molecule has 2 atom stereocenters. The largest absolute Gasteiger partial charge is 0.311 e. The number of aromatic nitrogens is 2. The van der Waals surface area contributed by atoms with Crippen LogP contribution in [-0.4, -0.2) is 38.3 Å². The molecule has 2 fully saturated rings. The molecule has 2 aliphatic rings. The van der Waals surface area contributed by atoms with Gasteiger partial charge in [-0.3, -0.25) is 14.3 Å². The highest BCUT2D eigenvalue weighted by Crippen LogP contribution is 2.54. The summed E-state index contributed by atoms with van der Waals surface area (Å²) < 4.78 is 15.0. The van der Waals surface area contributed by atoms with E-state index in [2.05, 4.69) is 10.4 Å². The van der Waals surface area contributed by atoms with Crippen LogP contribution < -0.4 is 5.32 Å². The van der Waals surface area contributed by atoms with Crippen molar-refractivity contribution in [3.8, 4) is 0 Å². The third-order valence-electron chi connectivity index (χ3n) is 4.94. The molecule has 6 nitrogen and oxygen atoms in total. The number of benzene rings is 1. The van der Waals surface area contributed by atoms with Gasteiger partial charge in [0.05, 0.1) is 0 Å². The lowest BCUT2D eigenvalue weighted by molar-refractivity contribution is -0.136. The van der Waals surface area contributed by atoms with Gasteiger partial charge < -0.3 is 10.2 Å². The molecule has 1 N–H and O–H groups in total. The number of thioether (sulfide) groups is 1. The molecular formula is C18H19FN4O2S. The molecule has 0 bridgehead atoms. The van der Waals surface area contributed by atoms with Gasteiger partial charge >= 0.3 is 0 Å². The number of nitrogens with zero attached hydrogens (tertiary/aromatic N) is 3. The van der Waals surface area contributed by atoms with Crippen molar-refractivity contribution in [2.75, 3.05) is 11.1 Å². The average Bonchev–Trinajstić information content (AvgIpc) is 3.32. The zero-order valence-corrected chi connectivity index (χ0v) is 15.1. The molecule has 2 aliphatic heterocycles. The van der Waals surface area contributed by atoms with Gasteiger partial charge in [-0.2, -0.15) is 5.10 Å². The van der Waals surface area contributed by atoms with E-state index in [-0.39, 0.29) is 17.6 Å². The van der Waals surface area contributed by atoms with Crippen molar-refractivity contribution in [1.29, 1.82) is 0 Å². The number of rotatable bonds is 4.